The Morgan fingerprint density at radius 1 is 1.57 bits per heavy atom. The second-order valence-electron chi connectivity index (χ2n) is 5.11. The van der Waals surface area contributed by atoms with Gasteiger partial charge in [0, 0.05) is 19.1 Å². The van der Waals surface area contributed by atoms with Gasteiger partial charge in [0.2, 0.25) is 5.91 Å². The molecule has 0 aromatic rings. The molecular formula is C10H21N3O. The maximum absolute atomic E-state index is 11.7. The number of nitrogens with zero attached hydrogens (tertiary/aromatic N) is 2. The van der Waals surface area contributed by atoms with E-state index in [1.807, 2.05) is 23.9 Å². The molecule has 1 fully saturated rings. The highest BCUT2D eigenvalue weighted by atomic mass is 16.2. The van der Waals surface area contributed by atoms with Crippen molar-refractivity contribution >= 4 is 5.91 Å². The lowest BCUT2D eigenvalue weighted by Crippen LogP contribution is -2.37. The van der Waals surface area contributed by atoms with E-state index in [4.69, 9.17) is 5.73 Å². The fourth-order valence-electron chi connectivity index (χ4n) is 1.72. The van der Waals surface area contributed by atoms with Crippen molar-refractivity contribution < 1.29 is 4.79 Å². The van der Waals surface area contributed by atoms with E-state index in [9.17, 15) is 4.79 Å². The first-order valence-electron chi connectivity index (χ1n) is 5.01. The summed E-state index contributed by atoms with van der Waals surface area (Å²) in [6, 6.07) is 0.105. The van der Waals surface area contributed by atoms with Crippen LogP contribution in [0.5, 0.6) is 0 Å². The van der Waals surface area contributed by atoms with Crippen molar-refractivity contribution in [2.45, 2.75) is 19.9 Å². The van der Waals surface area contributed by atoms with E-state index in [-0.39, 0.29) is 17.4 Å². The van der Waals surface area contributed by atoms with Crippen LogP contribution in [0.15, 0.2) is 0 Å². The van der Waals surface area contributed by atoms with Gasteiger partial charge in [0.15, 0.2) is 0 Å². The Labute approximate surface area is 86.0 Å². The lowest BCUT2D eigenvalue weighted by Gasteiger charge is -2.22. The molecule has 0 radical (unpaired) electrons. The zero-order valence-corrected chi connectivity index (χ0v) is 9.58. The summed E-state index contributed by atoms with van der Waals surface area (Å²) in [6.07, 6.45) is 0. The van der Waals surface area contributed by atoms with Gasteiger partial charge in [-0.3, -0.25) is 4.79 Å². The number of hydrogen-bond donors (Lipinski definition) is 1. The maximum atomic E-state index is 11.7. The van der Waals surface area contributed by atoms with E-state index in [0.717, 1.165) is 6.54 Å². The standard InChI is InChI=1S/C10H21N3O/c1-10(2)7-13(5-8(10)11)9(14)6-12(3)4/h8H,5-7,11H2,1-4H3. The molecule has 4 nitrogen and oxygen atoms in total. The van der Waals surface area contributed by atoms with Gasteiger partial charge in [0.1, 0.15) is 0 Å². The topological polar surface area (TPSA) is 49.6 Å². The second-order valence-corrected chi connectivity index (χ2v) is 5.11. The molecule has 0 spiro atoms. The molecule has 4 heteroatoms. The minimum absolute atomic E-state index is 0.0575. The van der Waals surface area contributed by atoms with Gasteiger partial charge in [-0.15, -0.1) is 0 Å². The SMILES string of the molecule is CN(C)CC(=O)N1CC(N)C(C)(C)C1. The van der Waals surface area contributed by atoms with E-state index >= 15 is 0 Å². The van der Waals surface area contributed by atoms with Crippen molar-refractivity contribution in [3.63, 3.8) is 0 Å². The summed E-state index contributed by atoms with van der Waals surface area (Å²) in [5.41, 5.74) is 6.02. The average Bonchev–Trinajstić information content (AvgIpc) is 2.25. The third-order valence-electron chi connectivity index (χ3n) is 2.82. The molecule has 0 saturated carbocycles. The van der Waals surface area contributed by atoms with Crippen LogP contribution in [0.25, 0.3) is 0 Å². The minimum Gasteiger partial charge on any atom is -0.339 e. The van der Waals surface area contributed by atoms with Gasteiger partial charge in [-0.1, -0.05) is 13.8 Å². The first-order valence-corrected chi connectivity index (χ1v) is 5.01. The van der Waals surface area contributed by atoms with Gasteiger partial charge >= 0.3 is 0 Å². The van der Waals surface area contributed by atoms with E-state index < -0.39 is 0 Å². The van der Waals surface area contributed by atoms with Crippen LogP contribution in [-0.4, -0.2) is 55.5 Å². The fraction of sp³-hybridized carbons (Fsp3) is 0.900. The van der Waals surface area contributed by atoms with Gasteiger partial charge in [-0.25, -0.2) is 0 Å². The lowest BCUT2D eigenvalue weighted by atomic mass is 9.89. The molecular weight excluding hydrogens is 178 g/mol. The first kappa shape index (κ1) is 11.5. The largest absolute Gasteiger partial charge is 0.339 e. The number of nitrogens with two attached hydrogens (primary N) is 1. The normalized spacial score (nSPS) is 25.9. The van der Waals surface area contributed by atoms with Crippen LogP contribution < -0.4 is 5.73 Å². The molecule has 1 atom stereocenters. The van der Waals surface area contributed by atoms with Gasteiger partial charge < -0.3 is 15.5 Å². The molecule has 0 bridgehead atoms. The summed E-state index contributed by atoms with van der Waals surface area (Å²) in [6.45, 7) is 6.17. The van der Waals surface area contributed by atoms with Gasteiger partial charge in [-0.2, -0.15) is 0 Å². The average molecular weight is 199 g/mol. The molecule has 14 heavy (non-hydrogen) atoms. The van der Waals surface area contributed by atoms with E-state index in [1.165, 1.54) is 0 Å². The highest BCUT2D eigenvalue weighted by Crippen LogP contribution is 2.27. The summed E-state index contributed by atoms with van der Waals surface area (Å²) >= 11 is 0. The number of hydrogen-bond acceptors (Lipinski definition) is 3. The van der Waals surface area contributed by atoms with Crippen molar-refractivity contribution in [3.8, 4) is 0 Å². The van der Waals surface area contributed by atoms with Crippen LogP contribution in [0.2, 0.25) is 0 Å². The Morgan fingerprint density at radius 3 is 2.50 bits per heavy atom. The molecule has 1 saturated heterocycles. The molecule has 1 aliphatic heterocycles. The van der Waals surface area contributed by atoms with Crippen LogP contribution in [0.3, 0.4) is 0 Å². The molecule has 1 heterocycles. The van der Waals surface area contributed by atoms with Crippen LogP contribution in [-0.2, 0) is 4.79 Å². The van der Waals surface area contributed by atoms with Crippen LogP contribution in [0.1, 0.15) is 13.8 Å². The number of carbonyl (C=O) groups is 1. The first-order chi connectivity index (χ1) is 6.33. The predicted molar refractivity (Wildman–Crippen MR) is 56.9 cm³/mol. The molecule has 1 rings (SSSR count). The summed E-state index contributed by atoms with van der Waals surface area (Å²) in [5, 5.41) is 0. The Balaban J connectivity index is 2.53. The van der Waals surface area contributed by atoms with E-state index in [1.54, 1.807) is 0 Å². The molecule has 1 aliphatic rings. The van der Waals surface area contributed by atoms with E-state index in [0.29, 0.717) is 13.1 Å². The third kappa shape index (κ3) is 2.45. The summed E-state index contributed by atoms with van der Waals surface area (Å²) in [5.74, 6) is 0.177. The Bertz CT molecular complexity index is 225. The summed E-state index contributed by atoms with van der Waals surface area (Å²) in [4.78, 5) is 15.5. The number of likely N-dealkylation sites (tertiary alicyclic amines) is 1. The van der Waals surface area contributed by atoms with Crippen LogP contribution in [0.4, 0.5) is 0 Å². The second kappa shape index (κ2) is 3.87. The van der Waals surface area contributed by atoms with E-state index in [2.05, 4.69) is 13.8 Å². The highest BCUT2D eigenvalue weighted by Gasteiger charge is 2.38. The van der Waals surface area contributed by atoms with Crippen molar-refractivity contribution in [1.82, 2.24) is 9.80 Å². The zero-order chi connectivity index (χ0) is 10.9. The molecule has 0 aromatic carbocycles. The molecule has 82 valence electrons. The van der Waals surface area contributed by atoms with Gasteiger partial charge in [0.05, 0.1) is 6.54 Å². The summed E-state index contributed by atoms with van der Waals surface area (Å²) in [7, 11) is 3.80. The number of rotatable bonds is 2. The molecule has 0 aromatic heterocycles. The highest BCUT2D eigenvalue weighted by molar-refractivity contribution is 5.78. The molecule has 0 aliphatic carbocycles. The molecule has 1 unspecified atom stereocenters. The van der Waals surface area contributed by atoms with Crippen molar-refractivity contribution in [2.24, 2.45) is 11.1 Å². The maximum Gasteiger partial charge on any atom is 0.236 e. The predicted octanol–water partition coefficient (Wildman–Crippen LogP) is -0.256. The van der Waals surface area contributed by atoms with Crippen molar-refractivity contribution in [1.29, 1.82) is 0 Å². The molecule has 2 N–H and O–H groups in total. The lowest BCUT2D eigenvalue weighted by molar-refractivity contribution is -0.131. The Hall–Kier alpha value is -0.610. The third-order valence-corrected chi connectivity index (χ3v) is 2.82. The van der Waals surface area contributed by atoms with Gasteiger partial charge in [-0.05, 0) is 19.5 Å². The number of likely N-dealkylation sites (N-methyl/N-ethyl adjacent to an activating group) is 1. The quantitative estimate of drug-likeness (QED) is 0.667. The summed E-state index contributed by atoms with van der Waals surface area (Å²) < 4.78 is 0. The zero-order valence-electron chi connectivity index (χ0n) is 9.58. The molecule has 1 amide bonds. The van der Waals surface area contributed by atoms with Crippen LogP contribution >= 0.6 is 0 Å². The van der Waals surface area contributed by atoms with Crippen molar-refractivity contribution in [2.75, 3.05) is 33.7 Å². The monoisotopic (exact) mass is 199 g/mol. The Kier molecular flexibility index (Phi) is 3.17. The number of carbonyl (C=O) groups excluding carboxylic acids is 1. The van der Waals surface area contributed by atoms with Crippen LogP contribution in [0, 0.1) is 5.41 Å². The smallest absolute Gasteiger partial charge is 0.236 e. The minimum atomic E-state index is 0.0575. The Morgan fingerprint density at radius 2 is 2.14 bits per heavy atom. The fourth-order valence-corrected chi connectivity index (χ4v) is 1.72. The van der Waals surface area contributed by atoms with Gasteiger partial charge in [0.25, 0.3) is 0 Å². The van der Waals surface area contributed by atoms with Crippen molar-refractivity contribution in [3.05, 3.63) is 0 Å². The number of amides is 1.